The van der Waals surface area contributed by atoms with Gasteiger partial charge in [-0.15, -0.1) is 0 Å². The van der Waals surface area contributed by atoms with Crippen LogP contribution in [0.25, 0.3) is 0 Å². The molecule has 0 spiro atoms. The summed E-state index contributed by atoms with van der Waals surface area (Å²) in [5.41, 5.74) is 0.875. The third-order valence-corrected chi connectivity index (χ3v) is 6.68. The SMILES string of the molecule is COc1ccccc1N(CC(=O)N(Cc1ccccc1Cl)C(C)C(=O)NCC(C)C)S(C)(=O)=O. The summed E-state index contributed by atoms with van der Waals surface area (Å²) in [6.45, 7) is 5.53. The number of nitrogens with one attached hydrogen (secondary N) is 1. The molecule has 0 radical (unpaired) electrons. The van der Waals surface area contributed by atoms with Gasteiger partial charge in [-0.25, -0.2) is 8.42 Å². The molecule has 1 atom stereocenters. The molecule has 186 valence electrons. The first-order valence-electron chi connectivity index (χ1n) is 10.9. The normalized spacial score (nSPS) is 12.2. The van der Waals surface area contributed by atoms with Crippen LogP contribution in [0.1, 0.15) is 26.3 Å². The zero-order valence-corrected chi connectivity index (χ0v) is 21.7. The Balaban J connectivity index is 2.42. The molecule has 2 aromatic rings. The van der Waals surface area contributed by atoms with Crippen LogP contribution in [0.4, 0.5) is 5.69 Å². The average Bonchev–Trinajstić information content (AvgIpc) is 2.79. The van der Waals surface area contributed by atoms with E-state index in [2.05, 4.69) is 5.32 Å². The van der Waals surface area contributed by atoms with Gasteiger partial charge in [0.15, 0.2) is 0 Å². The summed E-state index contributed by atoms with van der Waals surface area (Å²) in [5.74, 6) is -0.350. The highest BCUT2D eigenvalue weighted by Crippen LogP contribution is 2.30. The number of carbonyl (C=O) groups is 2. The third kappa shape index (κ3) is 7.36. The van der Waals surface area contributed by atoms with E-state index in [1.54, 1.807) is 55.5 Å². The van der Waals surface area contributed by atoms with Gasteiger partial charge in [0.25, 0.3) is 0 Å². The molecule has 2 aromatic carbocycles. The van der Waals surface area contributed by atoms with Crippen molar-refractivity contribution < 1.29 is 22.7 Å². The quantitative estimate of drug-likeness (QED) is 0.501. The lowest BCUT2D eigenvalue weighted by molar-refractivity contribution is -0.139. The predicted molar refractivity (Wildman–Crippen MR) is 134 cm³/mol. The number of sulfonamides is 1. The molecule has 0 aliphatic heterocycles. The molecule has 1 unspecified atom stereocenters. The number of halogens is 1. The summed E-state index contributed by atoms with van der Waals surface area (Å²) < 4.78 is 31.6. The average molecular weight is 510 g/mol. The van der Waals surface area contributed by atoms with Gasteiger partial charge in [0.05, 0.1) is 19.1 Å². The Morgan fingerprint density at radius 1 is 1.06 bits per heavy atom. The largest absolute Gasteiger partial charge is 0.495 e. The summed E-state index contributed by atoms with van der Waals surface area (Å²) in [4.78, 5) is 27.7. The van der Waals surface area contributed by atoms with Crippen LogP contribution >= 0.6 is 11.6 Å². The molecule has 0 fully saturated rings. The van der Waals surface area contributed by atoms with Crippen LogP contribution in [0, 0.1) is 5.92 Å². The second kappa shape index (κ2) is 12.1. The van der Waals surface area contributed by atoms with Crippen molar-refractivity contribution in [1.29, 1.82) is 0 Å². The van der Waals surface area contributed by atoms with Gasteiger partial charge >= 0.3 is 0 Å². The molecule has 0 aliphatic carbocycles. The summed E-state index contributed by atoms with van der Waals surface area (Å²) in [5, 5.41) is 3.28. The number of amides is 2. The molecule has 0 saturated carbocycles. The van der Waals surface area contributed by atoms with Crippen molar-refractivity contribution >= 4 is 39.1 Å². The molecule has 8 nitrogen and oxygen atoms in total. The van der Waals surface area contributed by atoms with Crippen molar-refractivity contribution in [3.63, 3.8) is 0 Å². The van der Waals surface area contributed by atoms with Crippen molar-refractivity contribution in [3.05, 3.63) is 59.1 Å². The van der Waals surface area contributed by atoms with Crippen LogP contribution in [0.5, 0.6) is 5.75 Å². The van der Waals surface area contributed by atoms with E-state index in [1.807, 2.05) is 13.8 Å². The monoisotopic (exact) mass is 509 g/mol. The number of carbonyl (C=O) groups excluding carboxylic acids is 2. The number of anilines is 1. The van der Waals surface area contributed by atoms with E-state index in [-0.39, 0.29) is 24.1 Å². The number of nitrogens with zero attached hydrogens (tertiary/aromatic N) is 2. The van der Waals surface area contributed by atoms with Gasteiger partial charge in [0.1, 0.15) is 18.3 Å². The predicted octanol–water partition coefficient (Wildman–Crippen LogP) is 3.30. The van der Waals surface area contributed by atoms with Crippen molar-refractivity contribution in [3.8, 4) is 5.75 Å². The number of methoxy groups -OCH3 is 1. The number of hydrogen-bond donors (Lipinski definition) is 1. The number of hydrogen-bond acceptors (Lipinski definition) is 5. The lowest BCUT2D eigenvalue weighted by Crippen LogP contribution is -2.51. The molecule has 0 heterocycles. The first kappa shape index (κ1) is 27.5. The van der Waals surface area contributed by atoms with Crippen LogP contribution < -0.4 is 14.4 Å². The highest BCUT2D eigenvalue weighted by Gasteiger charge is 2.31. The second-order valence-electron chi connectivity index (χ2n) is 8.37. The molecule has 0 aliphatic rings. The third-order valence-electron chi connectivity index (χ3n) is 5.18. The number of para-hydroxylation sites is 2. The molecule has 34 heavy (non-hydrogen) atoms. The van der Waals surface area contributed by atoms with Gasteiger partial charge in [-0.2, -0.15) is 0 Å². The van der Waals surface area contributed by atoms with Crippen molar-refractivity contribution in [1.82, 2.24) is 10.2 Å². The molecular weight excluding hydrogens is 478 g/mol. The first-order valence-corrected chi connectivity index (χ1v) is 13.1. The second-order valence-corrected chi connectivity index (χ2v) is 10.7. The minimum absolute atomic E-state index is 0.0400. The summed E-state index contributed by atoms with van der Waals surface area (Å²) in [6.07, 6.45) is 1.02. The van der Waals surface area contributed by atoms with E-state index in [0.29, 0.717) is 22.9 Å². The van der Waals surface area contributed by atoms with Gasteiger partial charge in [0.2, 0.25) is 21.8 Å². The van der Waals surface area contributed by atoms with Crippen LogP contribution in [-0.4, -0.2) is 57.6 Å². The van der Waals surface area contributed by atoms with Crippen molar-refractivity contribution in [2.75, 3.05) is 30.8 Å². The van der Waals surface area contributed by atoms with E-state index in [0.717, 1.165) is 10.6 Å². The fourth-order valence-corrected chi connectivity index (χ4v) is 4.32. The molecule has 1 N–H and O–H groups in total. The maximum Gasteiger partial charge on any atom is 0.244 e. The van der Waals surface area contributed by atoms with Crippen molar-refractivity contribution in [2.45, 2.75) is 33.4 Å². The Bertz CT molecular complexity index is 1110. The Hall–Kier alpha value is -2.78. The molecule has 0 bridgehead atoms. The van der Waals surface area contributed by atoms with Crippen LogP contribution in [-0.2, 0) is 26.2 Å². The van der Waals surface area contributed by atoms with E-state index >= 15 is 0 Å². The number of rotatable bonds is 11. The Morgan fingerprint density at radius 2 is 1.68 bits per heavy atom. The van der Waals surface area contributed by atoms with Crippen LogP contribution in [0.2, 0.25) is 5.02 Å². The van der Waals surface area contributed by atoms with Crippen LogP contribution in [0.15, 0.2) is 48.5 Å². The Kier molecular flexibility index (Phi) is 9.76. The fraction of sp³-hybridized carbons (Fsp3) is 0.417. The maximum atomic E-state index is 13.5. The lowest BCUT2D eigenvalue weighted by Gasteiger charge is -2.32. The van der Waals surface area contributed by atoms with E-state index in [4.69, 9.17) is 16.3 Å². The van der Waals surface area contributed by atoms with Gasteiger partial charge < -0.3 is 15.0 Å². The van der Waals surface area contributed by atoms with Crippen LogP contribution in [0.3, 0.4) is 0 Å². The Morgan fingerprint density at radius 3 is 2.26 bits per heavy atom. The molecule has 10 heteroatoms. The van der Waals surface area contributed by atoms with Gasteiger partial charge in [-0.1, -0.05) is 55.8 Å². The standard InChI is InChI=1S/C24H32ClN3O5S/c1-17(2)14-26-24(30)18(3)27(15-19-10-6-7-11-20(19)25)23(29)16-28(34(5,31)32)21-12-8-9-13-22(21)33-4/h6-13,17-18H,14-16H2,1-5H3,(H,26,30). The molecule has 2 rings (SSSR count). The number of benzene rings is 2. The number of ether oxygens (including phenoxy) is 1. The van der Waals surface area contributed by atoms with Crippen molar-refractivity contribution in [2.24, 2.45) is 5.92 Å². The van der Waals surface area contributed by atoms with E-state index < -0.39 is 28.5 Å². The molecule has 0 aromatic heterocycles. The van der Waals surface area contributed by atoms with E-state index in [9.17, 15) is 18.0 Å². The first-order chi connectivity index (χ1) is 16.0. The minimum Gasteiger partial charge on any atom is -0.495 e. The highest BCUT2D eigenvalue weighted by molar-refractivity contribution is 7.92. The van der Waals surface area contributed by atoms with Gasteiger partial charge in [-0.05, 0) is 36.6 Å². The highest BCUT2D eigenvalue weighted by atomic mass is 35.5. The summed E-state index contributed by atoms with van der Waals surface area (Å²) in [6, 6.07) is 12.7. The lowest BCUT2D eigenvalue weighted by atomic mass is 10.1. The zero-order chi connectivity index (χ0) is 25.5. The molecule has 2 amide bonds. The van der Waals surface area contributed by atoms with Gasteiger partial charge in [-0.3, -0.25) is 13.9 Å². The summed E-state index contributed by atoms with van der Waals surface area (Å²) >= 11 is 6.31. The smallest absolute Gasteiger partial charge is 0.244 e. The topological polar surface area (TPSA) is 96.0 Å². The zero-order valence-electron chi connectivity index (χ0n) is 20.1. The molecule has 0 saturated heterocycles. The van der Waals surface area contributed by atoms with E-state index in [1.165, 1.54) is 12.0 Å². The maximum absolute atomic E-state index is 13.5. The van der Waals surface area contributed by atoms with Gasteiger partial charge in [0, 0.05) is 18.1 Å². The molecular formula is C24H32ClN3O5S. The minimum atomic E-state index is -3.85. The fourth-order valence-electron chi connectivity index (χ4n) is 3.28. The summed E-state index contributed by atoms with van der Waals surface area (Å²) in [7, 11) is -2.43. The Labute approximate surface area is 206 Å².